The van der Waals surface area contributed by atoms with E-state index in [2.05, 4.69) is 4.90 Å². The van der Waals surface area contributed by atoms with Gasteiger partial charge in [0.2, 0.25) is 0 Å². The molecule has 1 aromatic heterocycles. The summed E-state index contributed by atoms with van der Waals surface area (Å²) in [6, 6.07) is 14.3. The Hall–Kier alpha value is -2.83. The Morgan fingerprint density at radius 1 is 1.10 bits per heavy atom. The molecule has 0 spiro atoms. The number of nitrogens with zero attached hydrogens (tertiary/aromatic N) is 2. The van der Waals surface area contributed by atoms with E-state index in [1.807, 2.05) is 38.1 Å². The number of piperazine rings is 1. The number of carbonyl (C=O) groups excluding carboxylic acids is 1. The van der Waals surface area contributed by atoms with E-state index < -0.39 is 5.63 Å². The predicted molar refractivity (Wildman–Crippen MR) is 121 cm³/mol. The van der Waals surface area contributed by atoms with Crippen LogP contribution in [0.25, 0.3) is 11.0 Å². The molecule has 0 bridgehead atoms. The van der Waals surface area contributed by atoms with Gasteiger partial charge >= 0.3 is 5.63 Å². The third-order valence-corrected chi connectivity index (χ3v) is 5.70. The monoisotopic (exact) mass is 440 g/mol. The molecule has 0 radical (unpaired) electrons. The number of halogens is 1. The Morgan fingerprint density at radius 2 is 1.84 bits per heavy atom. The van der Waals surface area contributed by atoms with Gasteiger partial charge in [0.25, 0.3) is 5.91 Å². The average molecular weight is 441 g/mol. The number of ether oxygens (including phenoxy) is 1. The maximum Gasteiger partial charge on any atom is 0.337 e. The predicted octanol–water partition coefficient (Wildman–Crippen LogP) is 4.19. The van der Waals surface area contributed by atoms with Gasteiger partial charge in [0.05, 0.1) is 11.7 Å². The molecule has 2 aromatic carbocycles. The van der Waals surface area contributed by atoms with Gasteiger partial charge in [-0.25, -0.2) is 4.79 Å². The van der Waals surface area contributed by atoms with E-state index in [1.165, 1.54) is 6.07 Å². The zero-order chi connectivity index (χ0) is 22.0. The zero-order valence-electron chi connectivity index (χ0n) is 17.6. The first-order valence-electron chi connectivity index (χ1n) is 10.4. The highest BCUT2D eigenvalue weighted by Crippen LogP contribution is 2.25. The summed E-state index contributed by atoms with van der Waals surface area (Å²) >= 11 is 6.27. The van der Waals surface area contributed by atoms with Crippen LogP contribution in [0.5, 0.6) is 5.75 Å². The fourth-order valence-corrected chi connectivity index (χ4v) is 4.01. The smallest absolute Gasteiger partial charge is 0.337 e. The van der Waals surface area contributed by atoms with E-state index in [0.717, 1.165) is 30.2 Å². The number of carbonyl (C=O) groups is 1. The molecule has 1 fully saturated rings. The Kier molecular flexibility index (Phi) is 6.30. The summed E-state index contributed by atoms with van der Waals surface area (Å²) < 4.78 is 11.0. The molecule has 1 aliphatic rings. The number of amides is 1. The van der Waals surface area contributed by atoms with Crippen molar-refractivity contribution < 1.29 is 13.9 Å². The molecule has 0 saturated carbocycles. The van der Waals surface area contributed by atoms with Crippen LogP contribution in [0.2, 0.25) is 5.02 Å². The van der Waals surface area contributed by atoms with Crippen molar-refractivity contribution in [1.82, 2.24) is 9.80 Å². The summed E-state index contributed by atoms with van der Waals surface area (Å²) in [5, 5.41) is 1.36. The molecule has 0 atom stereocenters. The summed E-state index contributed by atoms with van der Waals surface area (Å²) in [6.45, 7) is 7.24. The molecular weight excluding hydrogens is 416 g/mol. The summed E-state index contributed by atoms with van der Waals surface area (Å²) in [5.74, 6) is 0.441. The normalized spacial score (nSPS) is 14.9. The van der Waals surface area contributed by atoms with Crippen LogP contribution in [-0.2, 0) is 6.54 Å². The number of hydrogen-bond acceptors (Lipinski definition) is 5. The van der Waals surface area contributed by atoms with Crippen molar-refractivity contribution in [2.75, 3.05) is 26.2 Å². The highest BCUT2D eigenvalue weighted by Gasteiger charge is 2.25. The molecule has 1 saturated heterocycles. The lowest BCUT2D eigenvalue weighted by atomic mass is 10.1. The molecule has 31 heavy (non-hydrogen) atoms. The van der Waals surface area contributed by atoms with Crippen LogP contribution in [0.15, 0.2) is 57.7 Å². The number of fused-ring (bicyclic) bond motifs is 1. The Bertz CT molecular complexity index is 1150. The van der Waals surface area contributed by atoms with Crippen molar-refractivity contribution in [3.05, 3.63) is 75.1 Å². The van der Waals surface area contributed by atoms with Gasteiger partial charge in [-0.1, -0.05) is 29.8 Å². The molecule has 0 aliphatic carbocycles. The topological polar surface area (TPSA) is 63.0 Å². The van der Waals surface area contributed by atoms with Crippen molar-refractivity contribution in [3.8, 4) is 5.75 Å². The highest BCUT2D eigenvalue weighted by molar-refractivity contribution is 6.31. The zero-order valence-corrected chi connectivity index (χ0v) is 18.4. The number of rotatable bonds is 5. The van der Waals surface area contributed by atoms with Gasteiger partial charge in [-0.3, -0.25) is 9.69 Å². The second-order valence-corrected chi connectivity index (χ2v) is 8.37. The van der Waals surface area contributed by atoms with Gasteiger partial charge in [0.15, 0.2) is 0 Å². The summed E-state index contributed by atoms with van der Waals surface area (Å²) in [7, 11) is 0. The quantitative estimate of drug-likeness (QED) is 0.556. The van der Waals surface area contributed by atoms with Gasteiger partial charge in [-0.15, -0.1) is 0 Å². The fraction of sp³-hybridized carbons (Fsp3) is 0.333. The van der Waals surface area contributed by atoms with Crippen LogP contribution in [0.4, 0.5) is 0 Å². The Labute approximate surface area is 186 Å². The third-order valence-electron chi connectivity index (χ3n) is 5.33. The molecule has 3 aromatic rings. The van der Waals surface area contributed by atoms with E-state index in [-0.39, 0.29) is 12.0 Å². The average Bonchev–Trinajstić information content (AvgIpc) is 2.74. The Morgan fingerprint density at radius 3 is 2.55 bits per heavy atom. The van der Waals surface area contributed by atoms with Gasteiger partial charge in [0, 0.05) is 55.3 Å². The van der Waals surface area contributed by atoms with Gasteiger partial charge < -0.3 is 14.1 Å². The fourth-order valence-electron chi connectivity index (χ4n) is 3.81. The maximum atomic E-state index is 13.2. The molecule has 162 valence electrons. The Balaban J connectivity index is 1.49. The minimum absolute atomic E-state index is 0.00366. The lowest BCUT2D eigenvalue weighted by Crippen LogP contribution is -2.48. The molecule has 1 amide bonds. The minimum Gasteiger partial charge on any atom is -0.491 e. The van der Waals surface area contributed by atoms with Crippen LogP contribution in [0, 0.1) is 0 Å². The summed E-state index contributed by atoms with van der Waals surface area (Å²) in [4.78, 5) is 29.4. The van der Waals surface area contributed by atoms with E-state index >= 15 is 0 Å². The van der Waals surface area contributed by atoms with Crippen LogP contribution in [-0.4, -0.2) is 48.0 Å². The lowest BCUT2D eigenvalue weighted by Gasteiger charge is -2.35. The highest BCUT2D eigenvalue weighted by atomic mass is 35.5. The van der Waals surface area contributed by atoms with E-state index in [1.54, 1.807) is 23.1 Å². The summed E-state index contributed by atoms with van der Waals surface area (Å²) in [6.07, 6.45) is -0.00366. The minimum atomic E-state index is -0.546. The van der Waals surface area contributed by atoms with E-state index in [0.29, 0.717) is 35.4 Å². The van der Waals surface area contributed by atoms with Gasteiger partial charge in [0.1, 0.15) is 11.3 Å². The van der Waals surface area contributed by atoms with Crippen molar-refractivity contribution in [2.24, 2.45) is 0 Å². The first-order chi connectivity index (χ1) is 14.9. The number of hydrogen-bond donors (Lipinski definition) is 0. The molecule has 4 rings (SSSR count). The molecule has 1 aliphatic heterocycles. The maximum absolute atomic E-state index is 13.2. The van der Waals surface area contributed by atoms with E-state index in [9.17, 15) is 9.59 Å². The first-order valence-corrected chi connectivity index (χ1v) is 10.8. The van der Waals surface area contributed by atoms with Crippen molar-refractivity contribution in [3.63, 3.8) is 0 Å². The molecule has 0 N–H and O–H groups in total. The second kappa shape index (κ2) is 9.12. The van der Waals surface area contributed by atoms with Crippen molar-refractivity contribution in [1.29, 1.82) is 0 Å². The van der Waals surface area contributed by atoms with E-state index in [4.69, 9.17) is 20.8 Å². The second-order valence-electron chi connectivity index (χ2n) is 7.96. The summed E-state index contributed by atoms with van der Waals surface area (Å²) in [5.41, 5.74) is 1.25. The largest absolute Gasteiger partial charge is 0.491 e. The SMILES string of the molecule is CC(C)Oc1ccc2c(C(=O)N3CCN(Cc4ccccc4Cl)CC3)cc(=O)oc2c1. The first kappa shape index (κ1) is 21.4. The van der Waals surface area contributed by atoms with Crippen LogP contribution < -0.4 is 10.4 Å². The molecule has 7 heteroatoms. The van der Waals surface area contributed by atoms with Gasteiger partial charge in [-0.2, -0.15) is 0 Å². The molecule has 0 unspecified atom stereocenters. The number of benzene rings is 2. The standard InChI is InChI=1S/C24H25ClN2O4/c1-16(2)30-18-7-8-19-20(14-23(28)31-22(19)13-18)24(29)27-11-9-26(10-12-27)15-17-5-3-4-6-21(17)25/h3-8,13-14,16H,9-12,15H2,1-2H3. The third kappa shape index (κ3) is 4.92. The van der Waals surface area contributed by atoms with Crippen LogP contribution in [0.3, 0.4) is 0 Å². The molecular formula is C24H25ClN2O4. The molecule has 6 nitrogen and oxygen atoms in total. The van der Waals surface area contributed by atoms with Crippen LogP contribution in [0.1, 0.15) is 29.8 Å². The van der Waals surface area contributed by atoms with Crippen molar-refractivity contribution >= 4 is 28.5 Å². The lowest BCUT2D eigenvalue weighted by molar-refractivity contribution is 0.0629. The van der Waals surface area contributed by atoms with Gasteiger partial charge in [-0.05, 0) is 37.6 Å². The van der Waals surface area contributed by atoms with Crippen LogP contribution >= 0.6 is 11.6 Å². The van der Waals surface area contributed by atoms with Crippen molar-refractivity contribution in [2.45, 2.75) is 26.5 Å². The molecule has 2 heterocycles.